The van der Waals surface area contributed by atoms with Crippen LogP contribution < -0.4 is 10.2 Å². The van der Waals surface area contributed by atoms with Crippen LogP contribution >= 0.6 is 0 Å². The highest BCUT2D eigenvalue weighted by atomic mass is 16.5. The monoisotopic (exact) mass is 434 g/mol. The smallest absolute Gasteiger partial charge is 0.277 e. The zero-order valence-corrected chi connectivity index (χ0v) is 18.5. The Kier molecular flexibility index (Phi) is 7.29. The van der Waals surface area contributed by atoms with Crippen molar-refractivity contribution in [2.75, 3.05) is 6.61 Å². The van der Waals surface area contributed by atoms with Crippen molar-refractivity contribution in [1.82, 2.24) is 5.43 Å². The molecule has 0 radical (unpaired) electrons. The molecule has 4 aromatic carbocycles. The predicted octanol–water partition coefficient (Wildman–Crippen LogP) is 6.06. The Morgan fingerprint density at radius 3 is 1.88 bits per heavy atom. The highest BCUT2D eigenvalue weighted by Crippen LogP contribution is 2.29. The van der Waals surface area contributed by atoms with Crippen molar-refractivity contribution in [3.63, 3.8) is 0 Å². The summed E-state index contributed by atoms with van der Waals surface area (Å²) in [7, 11) is 0. The molecule has 0 aliphatic heterocycles. The number of nitrogens with zero attached hydrogens (tertiary/aromatic N) is 1. The SMILES string of the molecule is C/C(=N\NC(=O)COc1ccccc1-c1ccccc1)C(c1ccccc1)c1ccccc1. The van der Waals surface area contributed by atoms with Crippen LogP contribution in [0.4, 0.5) is 0 Å². The third-order valence-corrected chi connectivity index (χ3v) is 5.37. The fourth-order valence-corrected chi connectivity index (χ4v) is 3.81. The van der Waals surface area contributed by atoms with E-state index in [9.17, 15) is 4.79 Å². The average Bonchev–Trinajstić information content (AvgIpc) is 2.88. The zero-order chi connectivity index (χ0) is 22.9. The maximum Gasteiger partial charge on any atom is 0.277 e. The molecule has 33 heavy (non-hydrogen) atoms. The second-order valence-corrected chi connectivity index (χ2v) is 7.69. The van der Waals surface area contributed by atoms with Gasteiger partial charge in [0.15, 0.2) is 6.61 Å². The first kappa shape index (κ1) is 22.0. The molecule has 1 amide bonds. The van der Waals surface area contributed by atoms with Crippen LogP contribution in [0.25, 0.3) is 11.1 Å². The van der Waals surface area contributed by atoms with Gasteiger partial charge in [0.2, 0.25) is 0 Å². The van der Waals surface area contributed by atoms with Crippen LogP contribution in [-0.2, 0) is 4.79 Å². The minimum atomic E-state index is -0.308. The third-order valence-electron chi connectivity index (χ3n) is 5.37. The number of amides is 1. The minimum Gasteiger partial charge on any atom is -0.483 e. The van der Waals surface area contributed by atoms with Crippen LogP contribution in [0.1, 0.15) is 24.0 Å². The second kappa shape index (κ2) is 10.9. The number of hydrogen-bond donors (Lipinski definition) is 1. The molecule has 0 atom stereocenters. The Labute approximate surface area is 194 Å². The summed E-state index contributed by atoms with van der Waals surface area (Å²) in [5, 5.41) is 4.41. The molecule has 0 heterocycles. The van der Waals surface area contributed by atoms with Crippen LogP contribution in [0.15, 0.2) is 120 Å². The molecule has 0 spiro atoms. The van der Waals surface area contributed by atoms with Crippen LogP contribution in [0.5, 0.6) is 5.75 Å². The normalized spacial score (nSPS) is 11.3. The molecule has 4 rings (SSSR count). The van der Waals surface area contributed by atoms with Crippen molar-refractivity contribution in [2.24, 2.45) is 5.10 Å². The van der Waals surface area contributed by atoms with E-state index < -0.39 is 0 Å². The lowest BCUT2D eigenvalue weighted by Crippen LogP contribution is -2.26. The molecule has 0 saturated heterocycles. The number of hydrogen-bond acceptors (Lipinski definition) is 3. The summed E-state index contributed by atoms with van der Waals surface area (Å²) in [5.41, 5.74) is 7.67. The van der Waals surface area contributed by atoms with Gasteiger partial charge in [-0.2, -0.15) is 5.10 Å². The maximum absolute atomic E-state index is 12.5. The second-order valence-electron chi connectivity index (χ2n) is 7.69. The molecule has 0 bridgehead atoms. The topological polar surface area (TPSA) is 50.7 Å². The van der Waals surface area contributed by atoms with Gasteiger partial charge in [-0.1, -0.05) is 109 Å². The van der Waals surface area contributed by atoms with E-state index >= 15 is 0 Å². The molecule has 0 aliphatic rings. The van der Waals surface area contributed by atoms with Gasteiger partial charge in [-0.05, 0) is 29.7 Å². The minimum absolute atomic E-state index is 0.0487. The summed E-state index contributed by atoms with van der Waals surface area (Å²) in [4.78, 5) is 12.5. The van der Waals surface area contributed by atoms with Gasteiger partial charge in [0.05, 0.1) is 0 Å². The van der Waals surface area contributed by atoms with Gasteiger partial charge in [0, 0.05) is 17.2 Å². The molecule has 4 nitrogen and oxygen atoms in total. The molecule has 0 saturated carbocycles. The lowest BCUT2D eigenvalue weighted by Gasteiger charge is -2.18. The number of benzene rings is 4. The van der Waals surface area contributed by atoms with Crippen molar-refractivity contribution in [3.05, 3.63) is 126 Å². The summed E-state index contributed by atoms with van der Waals surface area (Å²) in [6, 6.07) is 38.0. The van der Waals surface area contributed by atoms with Gasteiger partial charge in [-0.3, -0.25) is 4.79 Å². The number of para-hydroxylation sites is 1. The van der Waals surface area contributed by atoms with E-state index in [1.54, 1.807) is 0 Å². The Balaban J connectivity index is 1.45. The van der Waals surface area contributed by atoms with E-state index in [0.717, 1.165) is 28.0 Å². The molecule has 0 fully saturated rings. The summed E-state index contributed by atoms with van der Waals surface area (Å²) in [5.74, 6) is 0.301. The van der Waals surface area contributed by atoms with Crippen molar-refractivity contribution >= 4 is 11.6 Å². The first-order valence-corrected chi connectivity index (χ1v) is 10.9. The third kappa shape index (κ3) is 5.74. The average molecular weight is 435 g/mol. The Hall–Kier alpha value is -4.18. The molecule has 0 aromatic heterocycles. The lowest BCUT2D eigenvalue weighted by atomic mass is 9.88. The summed E-state index contributed by atoms with van der Waals surface area (Å²) >= 11 is 0. The van der Waals surface area contributed by atoms with Crippen LogP contribution in [0, 0.1) is 0 Å². The number of rotatable bonds is 8. The first-order chi connectivity index (χ1) is 16.2. The number of carbonyl (C=O) groups excluding carboxylic acids is 1. The van der Waals surface area contributed by atoms with Crippen LogP contribution in [-0.4, -0.2) is 18.2 Å². The van der Waals surface area contributed by atoms with E-state index in [1.165, 1.54) is 0 Å². The highest BCUT2D eigenvalue weighted by Gasteiger charge is 2.17. The molecule has 4 heteroatoms. The van der Waals surface area contributed by atoms with Crippen LogP contribution in [0.3, 0.4) is 0 Å². The Bertz CT molecular complexity index is 1170. The lowest BCUT2D eigenvalue weighted by molar-refractivity contribution is -0.123. The molecule has 164 valence electrons. The van der Waals surface area contributed by atoms with Crippen LogP contribution in [0.2, 0.25) is 0 Å². The molecule has 1 N–H and O–H groups in total. The molecule has 0 aliphatic carbocycles. The van der Waals surface area contributed by atoms with Gasteiger partial charge >= 0.3 is 0 Å². The number of ether oxygens (including phenoxy) is 1. The standard InChI is InChI=1S/C29H26N2O2/c1-22(29(24-15-7-3-8-16-24)25-17-9-4-10-18-25)30-31-28(32)21-33-27-20-12-11-19-26(27)23-13-5-2-6-14-23/h2-20,29H,21H2,1H3,(H,31,32)/b30-22+. The van der Waals surface area contributed by atoms with E-state index in [4.69, 9.17) is 4.74 Å². The molecular formula is C29H26N2O2. The van der Waals surface area contributed by atoms with Gasteiger partial charge in [-0.25, -0.2) is 5.43 Å². The van der Waals surface area contributed by atoms with E-state index in [2.05, 4.69) is 34.8 Å². The zero-order valence-electron chi connectivity index (χ0n) is 18.5. The summed E-state index contributed by atoms with van der Waals surface area (Å²) < 4.78 is 5.83. The largest absolute Gasteiger partial charge is 0.483 e. The van der Waals surface area contributed by atoms with E-state index in [0.29, 0.717) is 5.75 Å². The summed E-state index contributed by atoms with van der Waals surface area (Å²) in [6.07, 6.45) is 0. The molecular weight excluding hydrogens is 408 g/mol. The first-order valence-electron chi connectivity index (χ1n) is 10.9. The quantitative estimate of drug-likeness (QED) is 0.271. The Morgan fingerprint density at radius 2 is 1.27 bits per heavy atom. The number of nitrogens with one attached hydrogen (secondary N) is 1. The van der Waals surface area contributed by atoms with Crippen molar-refractivity contribution < 1.29 is 9.53 Å². The summed E-state index contributed by atoms with van der Waals surface area (Å²) in [6.45, 7) is 1.80. The van der Waals surface area contributed by atoms with E-state index in [-0.39, 0.29) is 18.4 Å². The van der Waals surface area contributed by atoms with Gasteiger partial charge < -0.3 is 4.74 Å². The molecule has 0 unspecified atom stereocenters. The Morgan fingerprint density at radius 1 is 0.758 bits per heavy atom. The van der Waals surface area contributed by atoms with Crippen molar-refractivity contribution in [2.45, 2.75) is 12.8 Å². The predicted molar refractivity (Wildman–Crippen MR) is 133 cm³/mol. The van der Waals surface area contributed by atoms with Gasteiger partial charge in [0.1, 0.15) is 5.75 Å². The highest BCUT2D eigenvalue weighted by molar-refractivity contribution is 5.93. The van der Waals surface area contributed by atoms with Gasteiger partial charge in [-0.15, -0.1) is 0 Å². The van der Waals surface area contributed by atoms with E-state index in [1.807, 2.05) is 97.9 Å². The number of carbonyl (C=O) groups is 1. The fourth-order valence-electron chi connectivity index (χ4n) is 3.81. The van der Waals surface area contributed by atoms with Crippen molar-refractivity contribution in [3.8, 4) is 16.9 Å². The maximum atomic E-state index is 12.5. The van der Waals surface area contributed by atoms with Crippen molar-refractivity contribution in [1.29, 1.82) is 0 Å². The van der Waals surface area contributed by atoms with Gasteiger partial charge in [0.25, 0.3) is 5.91 Å². The fraction of sp³-hybridized carbons (Fsp3) is 0.103. The number of hydrazone groups is 1. The molecule has 4 aromatic rings.